The molecule has 7 heteroatoms. The molecule has 0 aliphatic carbocycles. The van der Waals surface area contributed by atoms with Crippen molar-refractivity contribution in [3.63, 3.8) is 0 Å². The summed E-state index contributed by atoms with van der Waals surface area (Å²) in [7, 11) is 0. The van der Waals surface area contributed by atoms with E-state index in [9.17, 15) is 24.9 Å². The van der Waals surface area contributed by atoms with Gasteiger partial charge < -0.3 is 24.8 Å². The van der Waals surface area contributed by atoms with Gasteiger partial charge in [0.2, 0.25) is 5.76 Å². The standard InChI is InChI=1S/C22H36O7/c1-14(2)7-5-8-15(3)9-6-10-16(4)11-12-18(24)28-13-17(23)21-19(25)20(26)22(27)29-21/h11,14-15,17,21,23,25-26H,5-10,12-13H2,1-4H3/b16-11+. The molecule has 7 nitrogen and oxygen atoms in total. The lowest BCUT2D eigenvalue weighted by Crippen LogP contribution is -2.33. The van der Waals surface area contributed by atoms with E-state index in [1.54, 1.807) is 0 Å². The normalized spacial score (nSPS) is 19.4. The molecular formula is C22H36O7. The number of ether oxygens (including phenoxy) is 2. The Balaban J connectivity index is 2.22. The van der Waals surface area contributed by atoms with Gasteiger partial charge in [0.1, 0.15) is 12.7 Å². The van der Waals surface area contributed by atoms with Gasteiger partial charge >= 0.3 is 11.9 Å². The van der Waals surface area contributed by atoms with Gasteiger partial charge in [0.05, 0.1) is 6.42 Å². The van der Waals surface area contributed by atoms with E-state index < -0.39 is 42.3 Å². The smallest absolute Gasteiger partial charge is 0.377 e. The van der Waals surface area contributed by atoms with Gasteiger partial charge in [0, 0.05) is 0 Å². The number of carbonyl (C=O) groups excluding carboxylic acids is 2. The Morgan fingerprint density at radius 1 is 1.17 bits per heavy atom. The number of cyclic esters (lactones) is 1. The third kappa shape index (κ3) is 9.35. The molecule has 29 heavy (non-hydrogen) atoms. The number of esters is 2. The lowest BCUT2D eigenvalue weighted by atomic mass is 9.94. The maximum absolute atomic E-state index is 11.8. The Hall–Kier alpha value is -2.02. The summed E-state index contributed by atoms with van der Waals surface area (Å²) in [5.41, 5.74) is 1.12. The van der Waals surface area contributed by atoms with Crippen LogP contribution in [0, 0.1) is 11.8 Å². The van der Waals surface area contributed by atoms with Gasteiger partial charge in [-0.1, -0.05) is 58.1 Å². The predicted octanol–water partition coefficient (Wildman–Crippen LogP) is 4.11. The second-order valence-corrected chi connectivity index (χ2v) is 8.39. The molecule has 1 aliphatic rings. The Bertz CT molecular complexity index is 606. The molecule has 0 aromatic rings. The van der Waals surface area contributed by atoms with Crippen molar-refractivity contribution in [2.75, 3.05) is 6.61 Å². The molecule has 166 valence electrons. The summed E-state index contributed by atoms with van der Waals surface area (Å²) in [6, 6.07) is 0. The van der Waals surface area contributed by atoms with Crippen molar-refractivity contribution in [1.29, 1.82) is 0 Å². The van der Waals surface area contributed by atoms with Crippen LogP contribution in [0.2, 0.25) is 0 Å². The number of hydrogen-bond donors (Lipinski definition) is 3. The molecule has 3 N–H and O–H groups in total. The van der Waals surface area contributed by atoms with E-state index in [1.807, 2.05) is 13.0 Å². The first-order chi connectivity index (χ1) is 13.6. The second kappa shape index (κ2) is 12.5. The molecule has 0 aromatic heterocycles. The Kier molecular flexibility index (Phi) is 10.8. The molecule has 0 bridgehead atoms. The molecule has 1 aliphatic heterocycles. The second-order valence-electron chi connectivity index (χ2n) is 8.39. The van der Waals surface area contributed by atoms with E-state index in [4.69, 9.17) is 4.74 Å². The van der Waals surface area contributed by atoms with E-state index in [0.29, 0.717) is 5.92 Å². The molecule has 0 spiro atoms. The van der Waals surface area contributed by atoms with Crippen molar-refractivity contribution in [2.24, 2.45) is 11.8 Å². The lowest BCUT2D eigenvalue weighted by molar-refractivity contribution is -0.154. The molecule has 0 amide bonds. The highest BCUT2D eigenvalue weighted by Gasteiger charge is 2.39. The van der Waals surface area contributed by atoms with E-state index >= 15 is 0 Å². The third-order valence-corrected chi connectivity index (χ3v) is 5.07. The zero-order valence-electron chi connectivity index (χ0n) is 18.0. The van der Waals surface area contributed by atoms with Gasteiger partial charge in [-0.3, -0.25) is 4.79 Å². The van der Waals surface area contributed by atoms with E-state index in [-0.39, 0.29) is 6.42 Å². The number of allylic oxidation sites excluding steroid dienone is 1. The van der Waals surface area contributed by atoms with Gasteiger partial charge in [0.25, 0.3) is 0 Å². The van der Waals surface area contributed by atoms with Gasteiger partial charge in [-0.15, -0.1) is 0 Å². The van der Waals surface area contributed by atoms with Crippen molar-refractivity contribution in [3.05, 3.63) is 23.2 Å². The third-order valence-electron chi connectivity index (χ3n) is 5.07. The molecule has 0 saturated carbocycles. The SMILES string of the molecule is C/C(=C\CC(=O)OCC(O)C1OC(=O)C(O)=C1O)CCCC(C)CCCC(C)C. The molecule has 0 fully saturated rings. The van der Waals surface area contributed by atoms with Gasteiger partial charge in [-0.05, 0) is 31.6 Å². The maximum atomic E-state index is 11.8. The average Bonchev–Trinajstić information content (AvgIpc) is 2.91. The first-order valence-corrected chi connectivity index (χ1v) is 10.4. The minimum atomic E-state index is -1.45. The first-order valence-electron chi connectivity index (χ1n) is 10.4. The minimum absolute atomic E-state index is 0.0834. The van der Waals surface area contributed by atoms with Crippen LogP contribution in [0.25, 0.3) is 0 Å². The van der Waals surface area contributed by atoms with Gasteiger partial charge in [-0.25, -0.2) is 4.79 Å². The monoisotopic (exact) mass is 412 g/mol. The summed E-state index contributed by atoms with van der Waals surface area (Å²) in [4.78, 5) is 22.9. The molecule has 0 aromatic carbocycles. The van der Waals surface area contributed by atoms with Crippen molar-refractivity contribution in [2.45, 2.75) is 84.8 Å². The molecule has 1 rings (SSSR count). The minimum Gasteiger partial charge on any atom is -0.505 e. The zero-order chi connectivity index (χ0) is 22.0. The topological polar surface area (TPSA) is 113 Å². The fraction of sp³-hybridized carbons (Fsp3) is 0.727. The summed E-state index contributed by atoms with van der Waals surface area (Å²) in [6.07, 6.45) is 6.03. The number of hydrogen-bond acceptors (Lipinski definition) is 7. The number of carbonyl (C=O) groups is 2. The van der Waals surface area contributed by atoms with Crippen molar-refractivity contribution >= 4 is 11.9 Å². The molecule has 1 heterocycles. The molecule has 0 radical (unpaired) electrons. The molecular weight excluding hydrogens is 376 g/mol. The number of rotatable bonds is 13. The maximum Gasteiger partial charge on any atom is 0.377 e. The van der Waals surface area contributed by atoms with Crippen LogP contribution in [-0.4, -0.2) is 46.1 Å². The largest absolute Gasteiger partial charge is 0.505 e. The van der Waals surface area contributed by atoms with Crippen LogP contribution in [0.3, 0.4) is 0 Å². The Labute approximate surface area is 173 Å². The summed E-state index contributed by atoms with van der Waals surface area (Å²) >= 11 is 0. The van der Waals surface area contributed by atoms with Crippen molar-refractivity contribution < 1.29 is 34.4 Å². The molecule has 3 atom stereocenters. The van der Waals surface area contributed by atoms with E-state index in [1.165, 1.54) is 25.7 Å². The summed E-state index contributed by atoms with van der Waals surface area (Å²) in [5.74, 6) is -1.87. The predicted molar refractivity (Wildman–Crippen MR) is 109 cm³/mol. The first kappa shape index (κ1) is 25.0. The highest BCUT2D eigenvalue weighted by atomic mass is 16.6. The number of aliphatic hydroxyl groups excluding tert-OH is 3. The van der Waals surface area contributed by atoms with Crippen LogP contribution < -0.4 is 0 Å². The fourth-order valence-corrected chi connectivity index (χ4v) is 3.16. The fourth-order valence-electron chi connectivity index (χ4n) is 3.16. The highest BCUT2D eigenvalue weighted by molar-refractivity contribution is 5.89. The summed E-state index contributed by atoms with van der Waals surface area (Å²) in [5, 5.41) is 28.6. The average molecular weight is 413 g/mol. The molecule has 3 unspecified atom stereocenters. The van der Waals surface area contributed by atoms with Crippen LogP contribution in [0.5, 0.6) is 0 Å². The summed E-state index contributed by atoms with van der Waals surface area (Å²) in [6.45, 7) is 8.32. The van der Waals surface area contributed by atoms with E-state index in [0.717, 1.165) is 24.3 Å². The van der Waals surface area contributed by atoms with E-state index in [2.05, 4.69) is 25.5 Å². The Morgan fingerprint density at radius 2 is 1.83 bits per heavy atom. The molecule has 0 saturated heterocycles. The van der Waals surface area contributed by atoms with Crippen LogP contribution in [0.1, 0.15) is 72.6 Å². The number of aliphatic hydroxyl groups is 3. The van der Waals surface area contributed by atoms with Crippen molar-refractivity contribution in [1.82, 2.24) is 0 Å². The van der Waals surface area contributed by atoms with Crippen molar-refractivity contribution in [3.8, 4) is 0 Å². The van der Waals surface area contributed by atoms with Gasteiger partial charge in [-0.2, -0.15) is 0 Å². The highest BCUT2D eigenvalue weighted by Crippen LogP contribution is 2.22. The van der Waals surface area contributed by atoms with Crippen LogP contribution >= 0.6 is 0 Å². The van der Waals surface area contributed by atoms with Gasteiger partial charge in [0.15, 0.2) is 11.9 Å². The lowest BCUT2D eigenvalue weighted by Gasteiger charge is -2.17. The van der Waals surface area contributed by atoms with Crippen LogP contribution in [0.4, 0.5) is 0 Å². The summed E-state index contributed by atoms with van der Waals surface area (Å²) < 4.78 is 9.56. The van der Waals surface area contributed by atoms with Crippen LogP contribution in [0.15, 0.2) is 23.2 Å². The Morgan fingerprint density at radius 3 is 2.41 bits per heavy atom. The quantitative estimate of drug-likeness (QED) is 0.308. The van der Waals surface area contributed by atoms with Crippen LogP contribution in [-0.2, 0) is 19.1 Å². The zero-order valence-corrected chi connectivity index (χ0v) is 18.0.